The van der Waals surface area contributed by atoms with E-state index in [1.165, 1.54) is 16.9 Å². The number of nitrogens with one attached hydrogen (secondary N) is 1. The average Bonchev–Trinajstić information content (AvgIpc) is 3.04. The fraction of sp³-hybridized carbons (Fsp3) is 0.762. The Morgan fingerprint density at radius 3 is 2.54 bits per heavy atom. The lowest BCUT2D eigenvalue weighted by Gasteiger charge is -2.33. The molecule has 28 heavy (non-hydrogen) atoms. The zero-order chi connectivity index (χ0) is 20.5. The first kappa shape index (κ1) is 21.8. The number of rotatable bonds is 5. The summed E-state index contributed by atoms with van der Waals surface area (Å²) in [6.45, 7) is 10.0. The Morgan fingerprint density at radius 1 is 1.25 bits per heavy atom. The van der Waals surface area contributed by atoms with E-state index in [9.17, 15) is 13.2 Å². The molecule has 0 spiro atoms. The molecule has 1 N–H and O–H groups in total. The smallest absolute Gasteiger partial charge is 0.263 e. The van der Waals surface area contributed by atoms with Crippen LogP contribution < -0.4 is 4.72 Å². The Bertz CT molecular complexity index is 800. The second-order valence-electron chi connectivity index (χ2n) is 9.37. The van der Waals surface area contributed by atoms with Crippen molar-refractivity contribution in [1.82, 2.24) is 9.62 Å². The number of fused-ring (bicyclic) bond motifs is 1. The standard InChI is InChI=1S/C21H34N2O3S2/c1-5-12-28(25,26)22-17-8-10-23(11-9-17)20(24)19-14-15-13-16(21(2,3)4)6-7-18(15)27-19/h14,16-17,22H,5-13H2,1-4H3. The van der Waals surface area contributed by atoms with E-state index in [0.717, 1.165) is 17.7 Å². The van der Waals surface area contributed by atoms with Crippen LogP contribution in [0.3, 0.4) is 0 Å². The number of likely N-dealkylation sites (tertiary alicyclic amines) is 1. The van der Waals surface area contributed by atoms with Crippen LogP contribution in [0.2, 0.25) is 0 Å². The summed E-state index contributed by atoms with van der Waals surface area (Å²) >= 11 is 1.66. The summed E-state index contributed by atoms with van der Waals surface area (Å²) in [6.07, 6.45) is 5.35. The second kappa shape index (κ2) is 8.44. The molecule has 1 aliphatic carbocycles. The lowest BCUT2D eigenvalue weighted by atomic mass is 9.72. The van der Waals surface area contributed by atoms with Crippen molar-refractivity contribution in [3.63, 3.8) is 0 Å². The van der Waals surface area contributed by atoms with E-state index < -0.39 is 10.0 Å². The van der Waals surface area contributed by atoms with Gasteiger partial charge in [0.2, 0.25) is 10.0 Å². The van der Waals surface area contributed by atoms with Gasteiger partial charge in [0.15, 0.2) is 0 Å². The molecule has 1 unspecified atom stereocenters. The largest absolute Gasteiger partial charge is 0.338 e. The van der Waals surface area contributed by atoms with Gasteiger partial charge in [-0.1, -0.05) is 27.7 Å². The number of piperidine rings is 1. The van der Waals surface area contributed by atoms with E-state index in [1.807, 2.05) is 11.8 Å². The number of amides is 1. The van der Waals surface area contributed by atoms with Crippen molar-refractivity contribution in [3.05, 3.63) is 21.4 Å². The highest BCUT2D eigenvalue weighted by Gasteiger charge is 2.32. The highest BCUT2D eigenvalue weighted by molar-refractivity contribution is 7.89. The molecule has 7 heteroatoms. The number of hydrogen-bond acceptors (Lipinski definition) is 4. The molecule has 1 amide bonds. The third-order valence-electron chi connectivity index (χ3n) is 6.12. The molecule has 2 heterocycles. The fourth-order valence-corrected chi connectivity index (χ4v) is 6.88. The minimum Gasteiger partial charge on any atom is -0.338 e. The molecule has 3 rings (SSSR count). The number of thiophene rings is 1. The maximum absolute atomic E-state index is 13.0. The molecule has 1 aromatic rings. The van der Waals surface area contributed by atoms with Gasteiger partial charge in [0, 0.05) is 24.0 Å². The van der Waals surface area contributed by atoms with Crippen LogP contribution in [0.5, 0.6) is 0 Å². The number of hydrogen-bond donors (Lipinski definition) is 1. The van der Waals surface area contributed by atoms with Crippen molar-refractivity contribution in [2.24, 2.45) is 11.3 Å². The molecule has 1 fully saturated rings. The van der Waals surface area contributed by atoms with Crippen LogP contribution in [0.4, 0.5) is 0 Å². The number of carbonyl (C=O) groups is 1. The zero-order valence-electron chi connectivity index (χ0n) is 17.6. The monoisotopic (exact) mass is 426 g/mol. The summed E-state index contributed by atoms with van der Waals surface area (Å²) in [5, 5.41) is 0. The molecule has 2 aliphatic rings. The van der Waals surface area contributed by atoms with Crippen LogP contribution in [0.25, 0.3) is 0 Å². The first-order valence-corrected chi connectivity index (χ1v) is 13.0. The highest BCUT2D eigenvalue weighted by atomic mass is 32.2. The molecule has 0 radical (unpaired) electrons. The van der Waals surface area contributed by atoms with Crippen LogP contribution in [-0.4, -0.2) is 44.1 Å². The normalized spacial score (nSPS) is 21.6. The Labute approximate surface area is 173 Å². The van der Waals surface area contributed by atoms with Crippen molar-refractivity contribution in [3.8, 4) is 0 Å². The van der Waals surface area contributed by atoms with Gasteiger partial charge in [0.25, 0.3) is 5.91 Å². The molecule has 158 valence electrons. The first-order chi connectivity index (χ1) is 13.1. The Hall–Kier alpha value is -0.920. The lowest BCUT2D eigenvalue weighted by Crippen LogP contribution is -2.46. The summed E-state index contributed by atoms with van der Waals surface area (Å²) in [7, 11) is -3.19. The molecule has 1 saturated heterocycles. The fourth-order valence-electron chi connectivity index (χ4n) is 4.31. The zero-order valence-corrected chi connectivity index (χ0v) is 19.2. The third kappa shape index (κ3) is 5.16. The van der Waals surface area contributed by atoms with Crippen molar-refractivity contribution < 1.29 is 13.2 Å². The molecule has 1 aliphatic heterocycles. The van der Waals surface area contributed by atoms with Gasteiger partial charge in [-0.2, -0.15) is 0 Å². The molecule has 1 atom stereocenters. The highest BCUT2D eigenvalue weighted by Crippen LogP contribution is 2.40. The molecular weight excluding hydrogens is 392 g/mol. The maximum atomic E-state index is 13.0. The summed E-state index contributed by atoms with van der Waals surface area (Å²) < 4.78 is 26.7. The van der Waals surface area contributed by atoms with Crippen LogP contribution >= 0.6 is 11.3 Å². The van der Waals surface area contributed by atoms with Gasteiger partial charge in [0.1, 0.15) is 0 Å². The van der Waals surface area contributed by atoms with E-state index in [4.69, 9.17) is 0 Å². The third-order valence-corrected chi connectivity index (χ3v) is 8.98. The van der Waals surface area contributed by atoms with Crippen LogP contribution in [0, 0.1) is 11.3 Å². The second-order valence-corrected chi connectivity index (χ2v) is 12.4. The van der Waals surface area contributed by atoms with Crippen LogP contribution in [0.15, 0.2) is 6.07 Å². The molecular formula is C21H34N2O3S2. The summed E-state index contributed by atoms with van der Waals surface area (Å²) in [5.41, 5.74) is 1.67. The minimum absolute atomic E-state index is 0.0512. The number of sulfonamides is 1. The van der Waals surface area contributed by atoms with Crippen LogP contribution in [0.1, 0.15) is 73.5 Å². The van der Waals surface area contributed by atoms with Crippen molar-refractivity contribution in [1.29, 1.82) is 0 Å². The summed E-state index contributed by atoms with van der Waals surface area (Å²) in [6, 6.07) is 2.07. The Kier molecular flexibility index (Phi) is 6.57. The van der Waals surface area contributed by atoms with Gasteiger partial charge in [-0.15, -0.1) is 11.3 Å². The first-order valence-electron chi connectivity index (χ1n) is 10.5. The van der Waals surface area contributed by atoms with Crippen molar-refractivity contribution >= 4 is 27.3 Å². The Morgan fingerprint density at radius 2 is 1.93 bits per heavy atom. The van der Waals surface area contributed by atoms with E-state index in [2.05, 4.69) is 31.6 Å². The average molecular weight is 427 g/mol. The number of aryl methyl sites for hydroxylation is 1. The minimum atomic E-state index is -3.19. The molecule has 0 saturated carbocycles. The van der Waals surface area contributed by atoms with Gasteiger partial charge < -0.3 is 4.90 Å². The molecule has 0 aromatic carbocycles. The molecule has 0 bridgehead atoms. The topological polar surface area (TPSA) is 66.5 Å². The SMILES string of the molecule is CCCS(=O)(=O)NC1CCN(C(=O)c2cc3c(s2)CCC(C(C)(C)C)C3)CC1. The van der Waals surface area contributed by atoms with Crippen molar-refractivity contribution in [2.75, 3.05) is 18.8 Å². The molecule has 1 aromatic heterocycles. The van der Waals surface area contributed by atoms with E-state index in [1.54, 1.807) is 11.3 Å². The lowest BCUT2D eigenvalue weighted by molar-refractivity contribution is 0.0716. The number of carbonyl (C=O) groups excluding carboxylic acids is 1. The van der Waals surface area contributed by atoms with Crippen LogP contribution in [-0.2, 0) is 22.9 Å². The van der Waals surface area contributed by atoms with Gasteiger partial charge in [-0.25, -0.2) is 13.1 Å². The quantitative estimate of drug-likeness (QED) is 0.778. The predicted octanol–water partition coefficient (Wildman–Crippen LogP) is 3.83. The maximum Gasteiger partial charge on any atom is 0.263 e. The van der Waals surface area contributed by atoms with E-state index >= 15 is 0 Å². The van der Waals surface area contributed by atoms with E-state index in [0.29, 0.717) is 43.7 Å². The molecule has 5 nitrogen and oxygen atoms in total. The Balaban J connectivity index is 1.59. The van der Waals surface area contributed by atoms with Gasteiger partial charge in [-0.3, -0.25) is 4.79 Å². The summed E-state index contributed by atoms with van der Waals surface area (Å²) in [4.78, 5) is 17.1. The van der Waals surface area contributed by atoms with Gasteiger partial charge >= 0.3 is 0 Å². The van der Waals surface area contributed by atoms with E-state index in [-0.39, 0.29) is 17.7 Å². The van der Waals surface area contributed by atoms with Gasteiger partial charge in [-0.05, 0) is 61.5 Å². The summed E-state index contributed by atoms with van der Waals surface area (Å²) in [5.74, 6) is 0.952. The number of nitrogens with zero attached hydrogens (tertiary/aromatic N) is 1. The van der Waals surface area contributed by atoms with Gasteiger partial charge in [0.05, 0.1) is 10.6 Å². The van der Waals surface area contributed by atoms with Crippen molar-refractivity contribution in [2.45, 2.75) is 72.3 Å². The predicted molar refractivity (Wildman–Crippen MR) is 115 cm³/mol.